The van der Waals surface area contributed by atoms with Gasteiger partial charge in [0.15, 0.2) is 6.20 Å². The zero-order valence-corrected chi connectivity index (χ0v) is 13.9. The summed E-state index contributed by atoms with van der Waals surface area (Å²) in [5.41, 5.74) is 5.28. The molecule has 0 amide bonds. The van der Waals surface area contributed by atoms with Gasteiger partial charge in [-0.2, -0.15) is 0 Å². The molecule has 0 N–H and O–H groups in total. The van der Waals surface area contributed by atoms with Crippen LogP contribution in [0.25, 0.3) is 11.3 Å². The van der Waals surface area contributed by atoms with Gasteiger partial charge in [-0.1, -0.05) is 43.4 Å². The van der Waals surface area contributed by atoms with E-state index in [9.17, 15) is 0 Å². The van der Waals surface area contributed by atoms with Crippen LogP contribution in [-0.4, -0.2) is 8.07 Å². The molecule has 0 radical (unpaired) electrons. The second-order valence-electron chi connectivity index (χ2n) is 6.48. The lowest BCUT2D eigenvalue weighted by atomic mass is 10.0. The lowest BCUT2D eigenvalue weighted by molar-refractivity contribution is -0.659. The summed E-state index contributed by atoms with van der Waals surface area (Å²) in [5.74, 6) is 0. The third kappa shape index (κ3) is 2.95. The van der Waals surface area contributed by atoms with Gasteiger partial charge in [-0.25, -0.2) is 4.57 Å². The standard InChI is InChI=1S/C17H24NSi/c1-13-7-8-14(2)16(11-13)17-10-9-15(12-18(17)3)19(4,5)6/h7-12H,1-6H3/q+1. The monoisotopic (exact) mass is 270 g/mol. The molecule has 2 rings (SSSR count). The minimum atomic E-state index is -1.23. The first kappa shape index (κ1) is 14.0. The number of rotatable bonds is 2. The molecule has 0 bridgehead atoms. The smallest absolute Gasteiger partial charge is 0.201 e. The molecule has 1 nitrogen and oxygen atoms in total. The first-order valence-electron chi connectivity index (χ1n) is 6.87. The Morgan fingerprint density at radius 1 is 0.947 bits per heavy atom. The highest BCUT2D eigenvalue weighted by Crippen LogP contribution is 2.21. The van der Waals surface area contributed by atoms with E-state index in [1.54, 1.807) is 0 Å². The summed E-state index contributed by atoms with van der Waals surface area (Å²) in [7, 11) is 0.920. The summed E-state index contributed by atoms with van der Waals surface area (Å²) < 4.78 is 2.27. The molecule has 1 aromatic heterocycles. The number of benzene rings is 1. The molecular weight excluding hydrogens is 246 g/mol. The highest BCUT2D eigenvalue weighted by Gasteiger charge is 2.21. The Labute approximate surface area is 117 Å². The Morgan fingerprint density at radius 2 is 1.63 bits per heavy atom. The van der Waals surface area contributed by atoms with Crippen molar-refractivity contribution in [3.63, 3.8) is 0 Å². The molecule has 0 spiro atoms. The number of pyridine rings is 1. The van der Waals surface area contributed by atoms with Crippen LogP contribution >= 0.6 is 0 Å². The SMILES string of the molecule is Cc1ccc(C)c(-c2ccc([Si](C)(C)C)c[n+]2C)c1. The van der Waals surface area contributed by atoms with Crippen LogP contribution in [-0.2, 0) is 7.05 Å². The normalized spacial score (nSPS) is 11.7. The largest absolute Gasteiger partial charge is 0.212 e. The van der Waals surface area contributed by atoms with Gasteiger partial charge >= 0.3 is 0 Å². The van der Waals surface area contributed by atoms with E-state index in [1.165, 1.54) is 27.6 Å². The predicted octanol–water partition coefficient (Wildman–Crippen LogP) is 3.34. The summed E-state index contributed by atoms with van der Waals surface area (Å²) in [4.78, 5) is 0. The van der Waals surface area contributed by atoms with E-state index in [0.717, 1.165) is 0 Å². The van der Waals surface area contributed by atoms with Gasteiger partial charge in [-0.05, 0) is 25.5 Å². The van der Waals surface area contributed by atoms with E-state index in [0.29, 0.717) is 0 Å². The van der Waals surface area contributed by atoms with Crippen LogP contribution in [0, 0.1) is 13.8 Å². The molecule has 0 saturated carbocycles. The fraction of sp³-hybridized carbons (Fsp3) is 0.353. The topological polar surface area (TPSA) is 3.88 Å². The Hall–Kier alpha value is -1.41. The van der Waals surface area contributed by atoms with Gasteiger partial charge in [0.25, 0.3) is 0 Å². The van der Waals surface area contributed by atoms with Crippen molar-refractivity contribution < 1.29 is 4.57 Å². The summed E-state index contributed by atoms with van der Waals surface area (Å²) in [6.07, 6.45) is 2.31. The quantitative estimate of drug-likeness (QED) is 0.582. The maximum atomic E-state index is 2.39. The fourth-order valence-electron chi connectivity index (χ4n) is 2.34. The van der Waals surface area contributed by atoms with Gasteiger partial charge in [-0.15, -0.1) is 0 Å². The Balaban J connectivity index is 2.55. The number of aryl methyl sites for hydroxylation is 3. The molecule has 0 aliphatic heterocycles. The highest BCUT2D eigenvalue weighted by atomic mass is 28.3. The number of hydrogen-bond donors (Lipinski definition) is 0. The molecule has 0 fully saturated rings. The molecule has 0 aliphatic carbocycles. The van der Waals surface area contributed by atoms with Crippen LogP contribution in [0.4, 0.5) is 0 Å². The Bertz CT molecular complexity index is 609. The molecule has 0 saturated heterocycles. The van der Waals surface area contributed by atoms with Crippen molar-refractivity contribution in [2.75, 3.05) is 0 Å². The molecule has 19 heavy (non-hydrogen) atoms. The third-order valence-electron chi connectivity index (χ3n) is 3.67. The molecule has 100 valence electrons. The van der Waals surface area contributed by atoms with Crippen LogP contribution in [0.3, 0.4) is 0 Å². The van der Waals surface area contributed by atoms with Crippen molar-refractivity contribution in [2.24, 2.45) is 7.05 Å². The second kappa shape index (κ2) is 4.93. The molecule has 0 unspecified atom stereocenters. The molecule has 2 aromatic rings. The average Bonchev–Trinajstić information content (AvgIpc) is 2.31. The molecule has 0 aliphatic rings. The van der Waals surface area contributed by atoms with Gasteiger partial charge in [0.1, 0.15) is 7.05 Å². The van der Waals surface area contributed by atoms with Gasteiger partial charge in [0, 0.05) is 16.8 Å². The van der Waals surface area contributed by atoms with Crippen molar-refractivity contribution in [2.45, 2.75) is 33.5 Å². The number of hydrogen-bond acceptors (Lipinski definition) is 0. The van der Waals surface area contributed by atoms with Crippen LogP contribution < -0.4 is 9.75 Å². The number of aromatic nitrogens is 1. The minimum absolute atomic E-state index is 1.23. The Kier molecular flexibility index (Phi) is 3.63. The minimum Gasteiger partial charge on any atom is -0.201 e. The van der Waals surface area contributed by atoms with Gasteiger partial charge in [0.05, 0.1) is 8.07 Å². The van der Waals surface area contributed by atoms with Crippen LogP contribution in [0.15, 0.2) is 36.5 Å². The predicted molar refractivity (Wildman–Crippen MR) is 85.5 cm³/mol. The molecule has 1 aromatic carbocycles. The van der Waals surface area contributed by atoms with Crippen LogP contribution in [0.5, 0.6) is 0 Å². The summed E-state index contributed by atoms with van der Waals surface area (Å²) in [5, 5.41) is 1.50. The first-order valence-corrected chi connectivity index (χ1v) is 10.4. The molecule has 0 atom stereocenters. The zero-order chi connectivity index (χ0) is 14.2. The van der Waals surface area contributed by atoms with E-state index < -0.39 is 8.07 Å². The van der Waals surface area contributed by atoms with Crippen molar-refractivity contribution >= 4 is 13.3 Å². The van der Waals surface area contributed by atoms with E-state index in [2.05, 4.69) is 81.6 Å². The lowest BCUT2D eigenvalue weighted by Crippen LogP contribution is -2.44. The van der Waals surface area contributed by atoms with E-state index in [1.807, 2.05) is 0 Å². The van der Waals surface area contributed by atoms with E-state index >= 15 is 0 Å². The van der Waals surface area contributed by atoms with Crippen molar-refractivity contribution in [1.82, 2.24) is 0 Å². The highest BCUT2D eigenvalue weighted by molar-refractivity contribution is 6.88. The zero-order valence-electron chi connectivity index (χ0n) is 12.9. The maximum Gasteiger partial charge on any atom is 0.212 e. The fourth-order valence-corrected chi connectivity index (χ4v) is 3.51. The van der Waals surface area contributed by atoms with Gasteiger partial charge in [0.2, 0.25) is 5.69 Å². The third-order valence-corrected chi connectivity index (χ3v) is 5.70. The molecule has 2 heteroatoms. The van der Waals surface area contributed by atoms with Gasteiger partial charge < -0.3 is 0 Å². The molecule has 1 heterocycles. The van der Waals surface area contributed by atoms with Crippen molar-refractivity contribution in [1.29, 1.82) is 0 Å². The second-order valence-corrected chi connectivity index (χ2v) is 11.6. The van der Waals surface area contributed by atoms with E-state index in [4.69, 9.17) is 0 Å². The van der Waals surface area contributed by atoms with Crippen LogP contribution in [0.2, 0.25) is 19.6 Å². The average molecular weight is 270 g/mol. The maximum absolute atomic E-state index is 2.39. The van der Waals surface area contributed by atoms with Gasteiger partial charge in [-0.3, -0.25) is 0 Å². The van der Waals surface area contributed by atoms with E-state index in [-0.39, 0.29) is 0 Å². The lowest BCUT2D eigenvalue weighted by Gasteiger charge is -2.15. The molecular formula is C17H24NSi+. The Morgan fingerprint density at radius 3 is 2.21 bits per heavy atom. The summed E-state index contributed by atoms with van der Waals surface area (Å²) in [6.45, 7) is 11.5. The summed E-state index contributed by atoms with van der Waals surface area (Å²) in [6, 6.07) is 11.2. The first-order chi connectivity index (χ1) is 8.79. The van der Waals surface area contributed by atoms with Crippen molar-refractivity contribution in [3.8, 4) is 11.3 Å². The van der Waals surface area contributed by atoms with Crippen molar-refractivity contribution in [3.05, 3.63) is 47.7 Å². The summed E-state index contributed by atoms with van der Waals surface area (Å²) >= 11 is 0. The van der Waals surface area contributed by atoms with Crippen LogP contribution in [0.1, 0.15) is 11.1 Å². The number of nitrogens with zero attached hydrogens (tertiary/aromatic N) is 1.